The predicted molar refractivity (Wildman–Crippen MR) is 72.9 cm³/mol. The van der Waals surface area contributed by atoms with Crippen LogP contribution in [0.2, 0.25) is 0 Å². The van der Waals surface area contributed by atoms with Gasteiger partial charge in [-0.1, -0.05) is 18.2 Å². The quantitative estimate of drug-likeness (QED) is 0.506. The fourth-order valence-electron chi connectivity index (χ4n) is 1.18. The van der Waals surface area contributed by atoms with Gasteiger partial charge in [-0.05, 0) is 25.3 Å². The van der Waals surface area contributed by atoms with Gasteiger partial charge >= 0.3 is 5.97 Å². The van der Waals surface area contributed by atoms with Crippen molar-refractivity contribution < 1.29 is 14.3 Å². The number of amides is 1. The van der Waals surface area contributed by atoms with E-state index < -0.39 is 5.97 Å². The molecule has 5 heteroatoms. The molecule has 0 atom stereocenters. The average Bonchev–Trinajstić information content (AvgIpc) is 2.78. The molecule has 1 aromatic rings. The largest absolute Gasteiger partial charge is 0.462 e. The second-order valence-corrected chi connectivity index (χ2v) is 4.17. The minimum atomic E-state index is -0.425. The van der Waals surface area contributed by atoms with Gasteiger partial charge in [0.1, 0.15) is 5.00 Å². The molecule has 1 heterocycles. The molecule has 0 aliphatic heterocycles. The Bertz CT molecular complexity index is 474. The Hall–Kier alpha value is -1.88. The normalized spacial score (nSPS) is 11.0. The van der Waals surface area contributed by atoms with E-state index in [4.69, 9.17) is 4.74 Å². The molecule has 0 bridgehead atoms. The van der Waals surface area contributed by atoms with Crippen LogP contribution in [0.1, 0.15) is 24.2 Å². The van der Waals surface area contributed by atoms with Crippen LogP contribution in [-0.4, -0.2) is 18.5 Å². The zero-order chi connectivity index (χ0) is 13.4. The summed E-state index contributed by atoms with van der Waals surface area (Å²) in [5.74, 6) is -0.701. The van der Waals surface area contributed by atoms with Crippen LogP contribution < -0.4 is 5.32 Å². The summed E-state index contributed by atoms with van der Waals surface area (Å²) in [6, 6.07) is 1.63. The van der Waals surface area contributed by atoms with Crippen LogP contribution in [0, 0.1) is 0 Å². The first-order valence-corrected chi connectivity index (χ1v) is 6.42. The van der Waals surface area contributed by atoms with Crippen molar-refractivity contribution in [1.82, 2.24) is 0 Å². The number of hydrogen-bond donors (Lipinski definition) is 1. The van der Waals surface area contributed by atoms with E-state index in [1.165, 1.54) is 17.4 Å². The summed E-state index contributed by atoms with van der Waals surface area (Å²) in [7, 11) is 0. The lowest BCUT2D eigenvalue weighted by Crippen LogP contribution is -2.11. The first kappa shape index (κ1) is 14.2. The molecule has 1 aromatic heterocycles. The van der Waals surface area contributed by atoms with Gasteiger partial charge in [0.2, 0.25) is 5.91 Å². The van der Waals surface area contributed by atoms with Gasteiger partial charge in [0, 0.05) is 6.08 Å². The highest BCUT2D eigenvalue weighted by molar-refractivity contribution is 7.14. The molecule has 0 fully saturated rings. The Morgan fingerprint density at radius 1 is 1.44 bits per heavy atom. The third kappa shape index (κ3) is 4.18. The van der Waals surface area contributed by atoms with E-state index in [1.807, 2.05) is 13.0 Å². The second-order valence-electron chi connectivity index (χ2n) is 3.26. The fraction of sp³-hybridized carbons (Fsp3) is 0.231. The Morgan fingerprint density at radius 2 is 2.22 bits per heavy atom. The number of hydrogen-bond acceptors (Lipinski definition) is 4. The maximum Gasteiger partial charge on any atom is 0.341 e. The number of anilines is 1. The fourth-order valence-corrected chi connectivity index (χ4v) is 1.96. The lowest BCUT2D eigenvalue weighted by Gasteiger charge is -2.03. The van der Waals surface area contributed by atoms with E-state index in [9.17, 15) is 9.59 Å². The third-order valence-electron chi connectivity index (χ3n) is 1.95. The van der Waals surface area contributed by atoms with Crippen LogP contribution in [0.15, 0.2) is 35.8 Å². The molecule has 0 spiro atoms. The minimum Gasteiger partial charge on any atom is -0.462 e. The van der Waals surface area contributed by atoms with Gasteiger partial charge in [0.15, 0.2) is 0 Å². The molecule has 0 radical (unpaired) electrons. The lowest BCUT2D eigenvalue weighted by atomic mass is 10.3. The first-order chi connectivity index (χ1) is 8.69. The number of nitrogens with one attached hydrogen (secondary N) is 1. The van der Waals surface area contributed by atoms with Gasteiger partial charge in [-0.25, -0.2) is 4.79 Å². The topological polar surface area (TPSA) is 55.4 Å². The van der Waals surface area contributed by atoms with Gasteiger partial charge in [-0.2, -0.15) is 0 Å². The Balaban J connectivity index is 2.71. The number of rotatable bonds is 5. The van der Waals surface area contributed by atoms with Crippen LogP contribution in [0.5, 0.6) is 0 Å². The molecule has 1 rings (SSSR count). The second kappa shape index (κ2) is 7.45. The van der Waals surface area contributed by atoms with Gasteiger partial charge in [0.25, 0.3) is 0 Å². The van der Waals surface area contributed by atoms with Gasteiger partial charge < -0.3 is 10.1 Å². The number of thiophene rings is 1. The highest BCUT2D eigenvalue weighted by Gasteiger charge is 2.14. The van der Waals surface area contributed by atoms with E-state index in [-0.39, 0.29) is 5.91 Å². The molecule has 0 aliphatic carbocycles. The van der Waals surface area contributed by atoms with Crippen molar-refractivity contribution in [3.05, 3.63) is 41.3 Å². The standard InChI is InChI=1S/C13H15NO3S/c1-3-5-6-7-11(15)14-12-10(8-9-18-12)13(16)17-4-2/h3,5-9H,4H2,1-2H3,(H,14,15)/b5-3+,7-6+. The summed E-state index contributed by atoms with van der Waals surface area (Å²) < 4.78 is 4.89. The van der Waals surface area contributed by atoms with Crippen LogP contribution in [-0.2, 0) is 9.53 Å². The highest BCUT2D eigenvalue weighted by Crippen LogP contribution is 2.23. The molecule has 0 aliphatic rings. The van der Waals surface area contributed by atoms with Crippen molar-refractivity contribution in [1.29, 1.82) is 0 Å². The highest BCUT2D eigenvalue weighted by atomic mass is 32.1. The number of carbonyl (C=O) groups excluding carboxylic acids is 2. The predicted octanol–water partition coefficient (Wildman–Crippen LogP) is 3.00. The van der Waals surface area contributed by atoms with E-state index in [0.717, 1.165) is 0 Å². The zero-order valence-corrected chi connectivity index (χ0v) is 11.1. The molecular weight excluding hydrogens is 250 g/mol. The van der Waals surface area contributed by atoms with Crippen LogP contribution in [0.3, 0.4) is 0 Å². The van der Waals surface area contributed by atoms with Gasteiger partial charge in [0.05, 0.1) is 12.2 Å². The number of carbonyl (C=O) groups is 2. The first-order valence-electron chi connectivity index (χ1n) is 5.54. The summed E-state index contributed by atoms with van der Waals surface area (Å²) in [5.41, 5.74) is 0.384. The summed E-state index contributed by atoms with van der Waals surface area (Å²) >= 11 is 1.29. The maximum atomic E-state index is 11.6. The molecule has 1 amide bonds. The molecule has 0 unspecified atom stereocenters. The van der Waals surface area contributed by atoms with E-state index in [0.29, 0.717) is 17.2 Å². The van der Waals surface area contributed by atoms with Crippen molar-refractivity contribution in [3.8, 4) is 0 Å². The lowest BCUT2D eigenvalue weighted by molar-refractivity contribution is -0.111. The van der Waals surface area contributed by atoms with E-state index in [2.05, 4.69) is 5.32 Å². The molecule has 0 saturated carbocycles. The molecule has 96 valence electrons. The molecule has 1 N–H and O–H groups in total. The summed E-state index contributed by atoms with van der Waals surface area (Å²) in [5, 5.41) is 4.88. The Labute approximate surface area is 110 Å². The van der Waals surface area contributed by atoms with Crippen molar-refractivity contribution >= 4 is 28.2 Å². The summed E-state index contributed by atoms with van der Waals surface area (Å²) in [4.78, 5) is 23.1. The Kier molecular flexibility index (Phi) is 5.87. The SMILES string of the molecule is C/C=C/C=C/C(=O)Nc1sccc1C(=O)OCC. The smallest absolute Gasteiger partial charge is 0.341 e. The van der Waals surface area contributed by atoms with Crippen molar-refractivity contribution in [2.75, 3.05) is 11.9 Å². The Morgan fingerprint density at radius 3 is 2.89 bits per heavy atom. The van der Waals surface area contributed by atoms with Crippen LogP contribution >= 0.6 is 11.3 Å². The summed E-state index contributed by atoms with van der Waals surface area (Å²) in [6.45, 7) is 3.91. The van der Waals surface area contributed by atoms with Crippen molar-refractivity contribution in [2.24, 2.45) is 0 Å². The summed E-state index contributed by atoms with van der Waals surface area (Å²) in [6.07, 6.45) is 6.60. The van der Waals surface area contributed by atoms with Crippen LogP contribution in [0.25, 0.3) is 0 Å². The average molecular weight is 265 g/mol. The number of allylic oxidation sites excluding steroid dienone is 3. The molecule has 4 nitrogen and oxygen atoms in total. The van der Waals surface area contributed by atoms with E-state index >= 15 is 0 Å². The van der Waals surface area contributed by atoms with Crippen LogP contribution in [0.4, 0.5) is 5.00 Å². The van der Waals surface area contributed by atoms with Crippen molar-refractivity contribution in [2.45, 2.75) is 13.8 Å². The van der Waals surface area contributed by atoms with Gasteiger partial charge in [-0.15, -0.1) is 11.3 Å². The van der Waals surface area contributed by atoms with Gasteiger partial charge in [-0.3, -0.25) is 4.79 Å². The molecule has 0 saturated heterocycles. The minimum absolute atomic E-state index is 0.277. The number of esters is 1. The number of ether oxygens (including phenoxy) is 1. The monoisotopic (exact) mass is 265 g/mol. The zero-order valence-electron chi connectivity index (χ0n) is 10.3. The molecule has 0 aromatic carbocycles. The maximum absolute atomic E-state index is 11.6. The van der Waals surface area contributed by atoms with E-state index in [1.54, 1.807) is 30.5 Å². The molecular formula is C13H15NO3S. The molecule has 18 heavy (non-hydrogen) atoms. The third-order valence-corrected chi connectivity index (χ3v) is 2.78. The van der Waals surface area contributed by atoms with Crippen molar-refractivity contribution in [3.63, 3.8) is 0 Å².